The lowest BCUT2D eigenvalue weighted by atomic mass is 10.2. The summed E-state index contributed by atoms with van der Waals surface area (Å²) in [5.74, 6) is 0.768. The first kappa shape index (κ1) is 12.1. The van der Waals surface area contributed by atoms with Crippen molar-refractivity contribution in [1.29, 1.82) is 0 Å². The fourth-order valence-electron chi connectivity index (χ4n) is 1.88. The number of rotatable bonds is 3. The molecule has 0 saturated carbocycles. The van der Waals surface area contributed by atoms with Crippen LogP contribution in [0.15, 0.2) is 74.8 Å². The maximum atomic E-state index is 11.9. The van der Waals surface area contributed by atoms with Crippen molar-refractivity contribution >= 4 is 22.7 Å². The highest BCUT2D eigenvalue weighted by atomic mass is 32.2. The Kier molecular flexibility index (Phi) is 3.38. The highest BCUT2D eigenvalue weighted by molar-refractivity contribution is 7.98. The molecule has 0 unspecified atom stereocenters. The molecule has 0 saturated heterocycles. The Bertz CT molecular complexity index is 747. The first-order valence-electron chi connectivity index (χ1n) is 6.02. The summed E-state index contributed by atoms with van der Waals surface area (Å²) in [6.45, 7) is 0. The molecule has 0 bridgehead atoms. The van der Waals surface area contributed by atoms with E-state index in [4.69, 9.17) is 4.42 Å². The van der Waals surface area contributed by atoms with E-state index in [2.05, 4.69) is 12.1 Å². The summed E-state index contributed by atoms with van der Waals surface area (Å²) in [5.41, 5.74) is 1.57. The number of para-hydroxylation sites is 1. The van der Waals surface area contributed by atoms with Crippen molar-refractivity contribution in [3.63, 3.8) is 0 Å². The molecule has 94 valence electrons. The van der Waals surface area contributed by atoms with E-state index in [1.54, 1.807) is 0 Å². The summed E-state index contributed by atoms with van der Waals surface area (Å²) in [6.07, 6.45) is 0. The molecule has 3 heteroatoms. The Morgan fingerprint density at radius 2 is 1.68 bits per heavy atom. The van der Waals surface area contributed by atoms with Gasteiger partial charge in [-0.1, -0.05) is 48.5 Å². The molecule has 2 nitrogen and oxygen atoms in total. The second kappa shape index (κ2) is 5.33. The predicted molar refractivity (Wildman–Crippen MR) is 78.5 cm³/mol. The Morgan fingerprint density at radius 3 is 2.53 bits per heavy atom. The molecule has 2 aromatic carbocycles. The van der Waals surface area contributed by atoms with Crippen LogP contribution < -0.4 is 5.63 Å². The van der Waals surface area contributed by atoms with Crippen LogP contribution in [-0.4, -0.2) is 0 Å². The second-order valence-electron chi connectivity index (χ2n) is 4.21. The molecule has 0 aliphatic heterocycles. The SMILES string of the molecule is O=c1oc2ccccc2cc1SCc1ccccc1. The average molecular weight is 268 g/mol. The molecule has 0 spiro atoms. The molecular weight excluding hydrogens is 256 g/mol. The van der Waals surface area contributed by atoms with Crippen LogP contribution in [0.4, 0.5) is 0 Å². The second-order valence-corrected chi connectivity index (χ2v) is 5.23. The van der Waals surface area contributed by atoms with Gasteiger partial charge in [0, 0.05) is 11.1 Å². The van der Waals surface area contributed by atoms with Gasteiger partial charge in [-0.05, 0) is 17.7 Å². The summed E-state index contributed by atoms with van der Waals surface area (Å²) in [4.78, 5) is 12.5. The van der Waals surface area contributed by atoms with E-state index < -0.39 is 0 Å². The van der Waals surface area contributed by atoms with Crippen LogP contribution in [0.5, 0.6) is 0 Å². The molecular formula is C16H12O2S. The molecule has 3 aromatic rings. The number of thioether (sulfide) groups is 1. The van der Waals surface area contributed by atoms with Crippen molar-refractivity contribution in [2.45, 2.75) is 10.6 Å². The summed E-state index contributed by atoms with van der Waals surface area (Å²) >= 11 is 1.51. The van der Waals surface area contributed by atoms with E-state index in [1.165, 1.54) is 17.3 Å². The minimum absolute atomic E-state index is 0.264. The van der Waals surface area contributed by atoms with Crippen LogP contribution in [0.3, 0.4) is 0 Å². The molecule has 1 heterocycles. The first-order valence-corrected chi connectivity index (χ1v) is 7.01. The van der Waals surface area contributed by atoms with Crippen molar-refractivity contribution in [2.75, 3.05) is 0 Å². The van der Waals surface area contributed by atoms with E-state index >= 15 is 0 Å². The van der Waals surface area contributed by atoms with Crippen molar-refractivity contribution < 1.29 is 4.42 Å². The topological polar surface area (TPSA) is 30.2 Å². The van der Waals surface area contributed by atoms with E-state index in [9.17, 15) is 4.79 Å². The van der Waals surface area contributed by atoms with E-state index in [0.717, 1.165) is 11.1 Å². The van der Waals surface area contributed by atoms with Gasteiger partial charge in [-0.3, -0.25) is 0 Å². The molecule has 0 atom stereocenters. The van der Waals surface area contributed by atoms with Gasteiger partial charge in [0.15, 0.2) is 0 Å². The zero-order valence-electron chi connectivity index (χ0n) is 10.2. The maximum Gasteiger partial charge on any atom is 0.350 e. The molecule has 0 aliphatic rings. The minimum atomic E-state index is -0.264. The summed E-state index contributed by atoms with van der Waals surface area (Å²) in [7, 11) is 0. The van der Waals surface area contributed by atoms with Gasteiger partial charge in [-0.25, -0.2) is 4.79 Å². The average Bonchev–Trinajstić information content (AvgIpc) is 2.46. The Morgan fingerprint density at radius 1 is 0.947 bits per heavy atom. The summed E-state index contributed by atoms with van der Waals surface area (Å²) < 4.78 is 5.30. The predicted octanol–water partition coefficient (Wildman–Crippen LogP) is 4.09. The lowest BCUT2D eigenvalue weighted by Gasteiger charge is -2.02. The summed E-state index contributed by atoms with van der Waals surface area (Å²) in [6, 6.07) is 19.5. The van der Waals surface area contributed by atoms with Gasteiger partial charge >= 0.3 is 5.63 Å². The Balaban J connectivity index is 1.89. The molecule has 0 fully saturated rings. The largest absolute Gasteiger partial charge is 0.422 e. The standard InChI is InChI=1S/C16H12O2S/c17-16-15(19-11-12-6-2-1-3-7-12)10-13-8-4-5-9-14(13)18-16/h1-10H,11H2. The van der Waals surface area contributed by atoms with Crippen LogP contribution in [0.1, 0.15) is 5.56 Å². The molecule has 3 rings (SSSR count). The third kappa shape index (κ3) is 2.71. The van der Waals surface area contributed by atoms with Crippen LogP contribution in [0.2, 0.25) is 0 Å². The number of hydrogen-bond donors (Lipinski definition) is 0. The van der Waals surface area contributed by atoms with Crippen molar-refractivity contribution in [1.82, 2.24) is 0 Å². The zero-order chi connectivity index (χ0) is 13.1. The molecule has 19 heavy (non-hydrogen) atoms. The smallest absolute Gasteiger partial charge is 0.350 e. The fraction of sp³-hybridized carbons (Fsp3) is 0.0625. The lowest BCUT2D eigenvalue weighted by Crippen LogP contribution is -2.01. The fourth-order valence-corrected chi connectivity index (χ4v) is 2.76. The highest BCUT2D eigenvalue weighted by Gasteiger charge is 2.05. The zero-order valence-corrected chi connectivity index (χ0v) is 11.0. The normalized spacial score (nSPS) is 10.7. The van der Waals surface area contributed by atoms with Gasteiger partial charge < -0.3 is 4.42 Å². The quantitative estimate of drug-likeness (QED) is 0.529. The lowest BCUT2D eigenvalue weighted by molar-refractivity contribution is 0.544. The highest BCUT2D eigenvalue weighted by Crippen LogP contribution is 2.23. The molecule has 1 aromatic heterocycles. The van der Waals surface area contributed by atoms with Gasteiger partial charge in [0.25, 0.3) is 0 Å². The van der Waals surface area contributed by atoms with Gasteiger partial charge in [-0.15, -0.1) is 11.8 Å². The Hall–Kier alpha value is -2.00. The van der Waals surface area contributed by atoms with E-state index in [-0.39, 0.29) is 5.63 Å². The van der Waals surface area contributed by atoms with Crippen molar-refractivity contribution in [2.24, 2.45) is 0 Å². The van der Waals surface area contributed by atoms with Gasteiger partial charge in [0.1, 0.15) is 5.58 Å². The van der Waals surface area contributed by atoms with Crippen LogP contribution in [-0.2, 0) is 5.75 Å². The van der Waals surface area contributed by atoms with Crippen LogP contribution >= 0.6 is 11.8 Å². The number of hydrogen-bond acceptors (Lipinski definition) is 3. The third-order valence-electron chi connectivity index (χ3n) is 2.85. The third-order valence-corrected chi connectivity index (χ3v) is 3.92. The monoisotopic (exact) mass is 268 g/mol. The van der Waals surface area contributed by atoms with Crippen molar-refractivity contribution in [3.05, 3.63) is 76.6 Å². The van der Waals surface area contributed by atoms with Gasteiger partial charge in [0.05, 0.1) is 4.90 Å². The number of benzene rings is 2. The van der Waals surface area contributed by atoms with E-state index in [0.29, 0.717) is 10.5 Å². The van der Waals surface area contributed by atoms with E-state index in [1.807, 2.05) is 48.5 Å². The summed E-state index contributed by atoms with van der Waals surface area (Å²) in [5, 5.41) is 0.956. The van der Waals surface area contributed by atoms with Crippen LogP contribution in [0, 0.1) is 0 Å². The van der Waals surface area contributed by atoms with Gasteiger partial charge in [0.2, 0.25) is 0 Å². The molecule has 0 aliphatic carbocycles. The minimum Gasteiger partial charge on any atom is -0.422 e. The molecule has 0 N–H and O–H groups in total. The Labute approximate surface area is 115 Å². The van der Waals surface area contributed by atoms with Crippen molar-refractivity contribution in [3.8, 4) is 0 Å². The molecule has 0 amide bonds. The first-order chi connectivity index (χ1) is 9.33. The van der Waals surface area contributed by atoms with Gasteiger partial charge in [-0.2, -0.15) is 0 Å². The number of fused-ring (bicyclic) bond motifs is 1. The van der Waals surface area contributed by atoms with Crippen LogP contribution in [0.25, 0.3) is 11.0 Å². The maximum absolute atomic E-state index is 11.9. The molecule has 0 radical (unpaired) electrons.